The summed E-state index contributed by atoms with van der Waals surface area (Å²) in [5, 5.41) is 19.7. The standard InChI is InChI=1S/C22H29N5O2/c1-4-20-19(14-24-27(20)15-16(2)3)25-21(28)26-22(9-11-29-12-10-22)18-7-5-17(13-23)6-8-18/h5-8,14,16H,4,9-12,15H2,1-3H3,(H2,25,26,28). The number of carbonyl (C=O) groups excluding carboxylic acids is 1. The molecule has 0 bridgehead atoms. The lowest BCUT2D eigenvalue weighted by Gasteiger charge is -2.38. The minimum absolute atomic E-state index is 0.255. The van der Waals surface area contributed by atoms with Crippen LogP contribution in [-0.2, 0) is 23.2 Å². The fourth-order valence-corrected chi connectivity index (χ4v) is 3.83. The summed E-state index contributed by atoms with van der Waals surface area (Å²) >= 11 is 0. The van der Waals surface area contributed by atoms with Crippen molar-refractivity contribution in [3.05, 3.63) is 47.3 Å². The summed E-state index contributed by atoms with van der Waals surface area (Å²) in [5.74, 6) is 0.476. The summed E-state index contributed by atoms with van der Waals surface area (Å²) < 4.78 is 7.49. The van der Waals surface area contributed by atoms with Crippen molar-refractivity contribution in [2.45, 2.75) is 52.1 Å². The highest BCUT2D eigenvalue weighted by Gasteiger charge is 2.36. The average Bonchev–Trinajstić information content (AvgIpc) is 3.08. The Labute approximate surface area is 172 Å². The maximum Gasteiger partial charge on any atom is 0.320 e. The molecule has 0 saturated carbocycles. The van der Waals surface area contributed by atoms with Crippen molar-refractivity contribution in [2.24, 2.45) is 5.92 Å². The van der Waals surface area contributed by atoms with Crippen LogP contribution >= 0.6 is 0 Å². The highest BCUT2D eigenvalue weighted by Crippen LogP contribution is 2.32. The molecule has 1 saturated heterocycles. The van der Waals surface area contributed by atoms with Gasteiger partial charge in [0.05, 0.1) is 34.7 Å². The molecule has 0 aliphatic carbocycles. The van der Waals surface area contributed by atoms with Crippen LogP contribution < -0.4 is 10.6 Å². The molecule has 2 amide bonds. The zero-order valence-corrected chi connectivity index (χ0v) is 17.4. The van der Waals surface area contributed by atoms with Gasteiger partial charge in [0.1, 0.15) is 0 Å². The van der Waals surface area contributed by atoms with Crippen LogP contribution in [0.4, 0.5) is 10.5 Å². The lowest BCUT2D eigenvalue weighted by Crippen LogP contribution is -2.51. The van der Waals surface area contributed by atoms with Gasteiger partial charge in [-0.05, 0) is 42.9 Å². The van der Waals surface area contributed by atoms with Gasteiger partial charge >= 0.3 is 6.03 Å². The number of benzene rings is 1. The van der Waals surface area contributed by atoms with E-state index in [1.165, 1.54) is 0 Å². The summed E-state index contributed by atoms with van der Waals surface area (Å²) in [4.78, 5) is 12.9. The van der Waals surface area contributed by atoms with Crippen LogP contribution in [0.2, 0.25) is 0 Å². The summed E-state index contributed by atoms with van der Waals surface area (Å²) in [6, 6.07) is 9.30. The number of nitrogens with zero attached hydrogens (tertiary/aromatic N) is 3. The van der Waals surface area contributed by atoms with Crippen LogP contribution in [0.25, 0.3) is 0 Å². The van der Waals surface area contributed by atoms with Crippen LogP contribution in [-0.4, -0.2) is 29.0 Å². The normalized spacial score (nSPS) is 15.7. The van der Waals surface area contributed by atoms with Crippen molar-refractivity contribution >= 4 is 11.7 Å². The summed E-state index contributed by atoms with van der Waals surface area (Å²) in [7, 11) is 0. The Balaban J connectivity index is 1.79. The zero-order valence-electron chi connectivity index (χ0n) is 17.4. The highest BCUT2D eigenvalue weighted by atomic mass is 16.5. The van der Waals surface area contributed by atoms with E-state index < -0.39 is 5.54 Å². The lowest BCUT2D eigenvalue weighted by atomic mass is 9.82. The molecule has 1 aliphatic heterocycles. The molecule has 0 spiro atoms. The number of ether oxygens (including phenoxy) is 1. The van der Waals surface area contributed by atoms with Crippen LogP contribution in [0, 0.1) is 17.2 Å². The van der Waals surface area contributed by atoms with Crippen molar-refractivity contribution in [2.75, 3.05) is 18.5 Å². The van der Waals surface area contributed by atoms with E-state index in [1.54, 1.807) is 18.3 Å². The smallest absolute Gasteiger partial charge is 0.320 e. The quantitative estimate of drug-likeness (QED) is 0.778. The Bertz CT molecular complexity index is 874. The van der Waals surface area contributed by atoms with Gasteiger partial charge in [-0.3, -0.25) is 4.68 Å². The Morgan fingerprint density at radius 1 is 1.31 bits per heavy atom. The summed E-state index contributed by atoms with van der Waals surface area (Å²) in [6.45, 7) is 8.33. The molecule has 29 heavy (non-hydrogen) atoms. The second-order valence-corrected chi connectivity index (χ2v) is 7.90. The largest absolute Gasteiger partial charge is 0.381 e. The molecular weight excluding hydrogens is 366 g/mol. The van der Waals surface area contributed by atoms with E-state index in [1.807, 2.05) is 16.8 Å². The van der Waals surface area contributed by atoms with Gasteiger partial charge in [-0.25, -0.2) is 4.79 Å². The Hall–Kier alpha value is -2.85. The molecule has 2 N–H and O–H groups in total. The van der Waals surface area contributed by atoms with Crippen molar-refractivity contribution in [1.82, 2.24) is 15.1 Å². The molecule has 1 aromatic carbocycles. The van der Waals surface area contributed by atoms with E-state index in [9.17, 15) is 4.79 Å². The molecule has 0 atom stereocenters. The van der Waals surface area contributed by atoms with E-state index in [0.29, 0.717) is 37.5 Å². The van der Waals surface area contributed by atoms with Crippen LogP contribution in [0.1, 0.15) is 50.4 Å². The van der Waals surface area contributed by atoms with Crippen molar-refractivity contribution in [1.29, 1.82) is 5.26 Å². The van der Waals surface area contributed by atoms with Gasteiger partial charge in [-0.15, -0.1) is 0 Å². The Morgan fingerprint density at radius 3 is 2.59 bits per heavy atom. The predicted octanol–water partition coefficient (Wildman–Crippen LogP) is 3.80. The Kier molecular flexibility index (Phi) is 6.55. The van der Waals surface area contributed by atoms with E-state index in [2.05, 4.69) is 42.6 Å². The van der Waals surface area contributed by atoms with Crippen LogP contribution in [0.3, 0.4) is 0 Å². The molecule has 2 aromatic rings. The number of carbonyl (C=O) groups is 1. The number of hydrogen-bond donors (Lipinski definition) is 2. The predicted molar refractivity (Wildman–Crippen MR) is 111 cm³/mol. The van der Waals surface area contributed by atoms with Gasteiger partial charge in [-0.2, -0.15) is 10.4 Å². The third-order valence-corrected chi connectivity index (χ3v) is 5.34. The van der Waals surface area contributed by atoms with Crippen molar-refractivity contribution in [3.63, 3.8) is 0 Å². The maximum atomic E-state index is 12.9. The number of nitrogens with one attached hydrogen (secondary N) is 2. The highest BCUT2D eigenvalue weighted by molar-refractivity contribution is 5.90. The third-order valence-electron chi connectivity index (χ3n) is 5.34. The van der Waals surface area contributed by atoms with Gasteiger partial charge in [0.15, 0.2) is 0 Å². The molecule has 3 rings (SSSR count). The number of nitriles is 1. The van der Waals surface area contributed by atoms with E-state index in [4.69, 9.17) is 10.00 Å². The SMILES string of the molecule is CCc1c(NC(=O)NC2(c3ccc(C#N)cc3)CCOCC2)cnn1CC(C)C. The molecule has 7 heteroatoms. The zero-order chi connectivity index (χ0) is 20.9. The second kappa shape index (κ2) is 9.10. The number of rotatable bonds is 6. The van der Waals surface area contributed by atoms with E-state index in [0.717, 1.165) is 29.9 Å². The fraction of sp³-hybridized carbons (Fsp3) is 0.500. The molecule has 7 nitrogen and oxygen atoms in total. The topological polar surface area (TPSA) is 92.0 Å². The van der Waals surface area contributed by atoms with Crippen LogP contribution in [0.5, 0.6) is 0 Å². The Morgan fingerprint density at radius 2 is 2.00 bits per heavy atom. The minimum Gasteiger partial charge on any atom is -0.381 e. The number of anilines is 1. The average molecular weight is 396 g/mol. The van der Waals surface area contributed by atoms with Gasteiger partial charge in [0, 0.05) is 19.8 Å². The first-order chi connectivity index (χ1) is 14.0. The molecule has 154 valence electrons. The monoisotopic (exact) mass is 395 g/mol. The minimum atomic E-state index is -0.517. The van der Waals surface area contributed by atoms with Gasteiger partial charge < -0.3 is 15.4 Å². The van der Waals surface area contributed by atoms with Crippen molar-refractivity contribution in [3.8, 4) is 6.07 Å². The van der Waals surface area contributed by atoms with E-state index >= 15 is 0 Å². The van der Waals surface area contributed by atoms with Gasteiger partial charge in [-0.1, -0.05) is 32.9 Å². The van der Waals surface area contributed by atoms with Gasteiger partial charge in [0.2, 0.25) is 0 Å². The molecule has 1 aliphatic rings. The third kappa shape index (κ3) is 4.77. The summed E-state index contributed by atoms with van der Waals surface area (Å²) in [6.07, 6.45) is 3.87. The first-order valence-electron chi connectivity index (χ1n) is 10.2. The molecule has 1 aromatic heterocycles. The summed E-state index contributed by atoms with van der Waals surface area (Å²) in [5.41, 5.74) is 2.84. The maximum absolute atomic E-state index is 12.9. The van der Waals surface area contributed by atoms with E-state index in [-0.39, 0.29) is 6.03 Å². The molecule has 0 radical (unpaired) electrons. The number of amides is 2. The number of hydrogen-bond acceptors (Lipinski definition) is 4. The molecule has 0 unspecified atom stereocenters. The second-order valence-electron chi connectivity index (χ2n) is 7.90. The first kappa shape index (κ1) is 20.9. The van der Waals surface area contributed by atoms with Crippen molar-refractivity contribution < 1.29 is 9.53 Å². The molecule has 2 heterocycles. The first-order valence-corrected chi connectivity index (χ1v) is 10.2. The van der Waals surface area contributed by atoms with Crippen LogP contribution in [0.15, 0.2) is 30.5 Å². The van der Waals surface area contributed by atoms with Gasteiger partial charge in [0.25, 0.3) is 0 Å². The number of urea groups is 1. The molecular formula is C22H29N5O2. The lowest BCUT2D eigenvalue weighted by molar-refractivity contribution is 0.0418. The molecule has 1 fully saturated rings. The number of aromatic nitrogens is 2. The fourth-order valence-electron chi connectivity index (χ4n) is 3.83.